The summed E-state index contributed by atoms with van der Waals surface area (Å²) in [4.78, 5) is 32.3. The largest absolute Gasteiger partial charge is 0.444 e. The van der Waals surface area contributed by atoms with Gasteiger partial charge in [0.15, 0.2) is 0 Å². The molecule has 0 N–H and O–H groups in total. The van der Waals surface area contributed by atoms with Crippen molar-refractivity contribution in [1.29, 1.82) is 0 Å². The van der Waals surface area contributed by atoms with Gasteiger partial charge in [0.05, 0.1) is 5.56 Å². The first kappa shape index (κ1) is 19.2. The Balaban J connectivity index is 1.82. The molecule has 1 saturated heterocycles. The van der Waals surface area contributed by atoms with Crippen molar-refractivity contribution in [1.82, 2.24) is 14.8 Å². The minimum Gasteiger partial charge on any atom is -0.444 e. The van der Waals surface area contributed by atoms with E-state index in [1.165, 1.54) is 0 Å². The Kier molecular flexibility index (Phi) is 6.03. The summed E-state index contributed by atoms with van der Waals surface area (Å²) in [5.41, 5.74) is 1.05. The molecule has 0 unspecified atom stereocenters. The molecule has 0 bridgehead atoms. The summed E-state index contributed by atoms with van der Waals surface area (Å²) in [6.07, 6.45) is 3.12. The van der Waals surface area contributed by atoms with Crippen molar-refractivity contribution >= 4 is 12.0 Å². The van der Waals surface area contributed by atoms with Gasteiger partial charge in [-0.3, -0.25) is 9.78 Å². The van der Waals surface area contributed by atoms with Crippen LogP contribution in [0.2, 0.25) is 0 Å². The fourth-order valence-corrected chi connectivity index (χ4v) is 2.90. The van der Waals surface area contributed by atoms with E-state index in [0.29, 0.717) is 31.1 Å². The van der Waals surface area contributed by atoms with Gasteiger partial charge in [0.25, 0.3) is 5.91 Å². The third kappa shape index (κ3) is 5.73. The predicted molar refractivity (Wildman–Crippen MR) is 96.5 cm³/mol. The standard InChI is InChI=1S/C19H29N3O3/c1-14-6-7-16(12-20-14)17(23)22-10-8-15(9-11-22)13-21(5)18(24)25-19(2,3)4/h6-7,12,15H,8-11,13H2,1-5H3. The van der Waals surface area contributed by atoms with E-state index in [1.807, 2.05) is 44.7 Å². The predicted octanol–water partition coefficient (Wildman–Crippen LogP) is 3.11. The number of ether oxygens (including phenoxy) is 1. The molecule has 6 nitrogen and oxygen atoms in total. The molecule has 0 aromatic carbocycles. The molecule has 0 spiro atoms. The normalized spacial score (nSPS) is 15.8. The van der Waals surface area contributed by atoms with Crippen LogP contribution in [0.4, 0.5) is 4.79 Å². The summed E-state index contributed by atoms with van der Waals surface area (Å²) in [5, 5.41) is 0. The number of rotatable bonds is 3. The molecule has 25 heavy (non-hydrogen) atoms. The lowest BCUT2D eigenvalue weighted by Crippen LogP contribution is -2.43. The second-order valence-corrected chi connectivity index (χ2v) is 7.78. The Bertz CT molecular complexity index is 599. The molecular weight excluding hydrogens is 318 g/mol. The number of likely N-dealkylation sites (tertiary alicyclic amines) is 1. The van der Waals surface area contributed by atoms with Gasteiger partial charge in [-0.2, -0.15) is 0 Å². The van der Waals surface area contributed by atoms with Crippen molar-refractivity contribution in [3.05, 3.63) is 29.6 Å². The van der Waals surface area contributed by atoms with Crippen LogP contribution in [0.15, 0.2) is 18.3 Å². The van der Waals surface area contributed by atoms with Crippen molar-refractivity contribution < 1.29 is 14.3 Å². The van der Waals surface area contributed by atoms with Gasteiger partial charge in [-0.15, -0.1) is 0 Å². The molecule has 1 aliphatic rings. The van der Waals surface area contributed by atoms with Gasteiger partial charge in [0.1, 0.15) is 5.60 Å². The van der Waals surface area contributed by atoms with E-state index >= 15 is 0 Å². The Labute approximate surface area is 150 Å². The lowest BCUT2D eigenvalue weighted by molar-refractivity contribution is 0.0246. The highest BCUT2D eigenvalue weighted by atomic mass is 16.6. The quantitative estimate of drug-likeness (QED) is 0.843. The molecule has 1 aromatic heterocycles. The number of aromatic nitrogens is 1. The Hall–Kier alpha value is -2.11. The SMILES string of the molecule is Cc1ccc(C(=O)N2CCC(CN(C)C(=O)OC(C)(C)C)CC2)cn1. The van der Waals surface area contributed by atoms with Crippen molar-refractivity contribution in [2.45, 2.75) is 46.1 Å². The highest BCUT2D eigenvalue weighted by molar-refractivity contribution is 5.93. The highest BCUT2D eigenvalue weighted by Gasteiger charge is 2.27. The molecule has 138 valence electrons. The number of carbonyl (C=O) groups excluding carboxylic acids is 2. The summed E-state index contributed by atoms with van der Waals surface area (Å²) in [7, 11) is 1.77. The third-order valence-corrected chi connectivity index (χ3v) is 4.30. The monoisotopic (exact) mass is 347 g/mol. The maximum Gasteiger partial charge on any atom is 0.410 e. The van der Waals surface area contributed by atoms with Crippen molar-refractivity contribution in [3.8, 4) is 0 Å². The topological polar surface area (TPSA) is 62.7 Å². The van der Waals surface area contributed by atoms with Crippen molar-refractivity contribution in [2.75, 3.05) is 26.7 Å². The molecule has 1 aromatic rings. The van der Waals surface area contributed by atoms with Gasteiger partial charge in [-0.1, -0.05) is 0 Å². The number of hydrogen-bond donors (Lipinski definition) is 0. The zero-order valence-electron chi connectivity index (χ0n) is 15.9. The van der Waals surface area contributed by atoms with Gasteiger partial charge < -0.3 is 14.5 Å². The summed E-state index contributed by atoms with van der Waals surface area (Å²) >= 11 is 0. The van der Waals surface area contributed by atoms with Crippen LogP contribution >= 0.6 is 0 Å². The van der Waals surface area contributed by atoms with Crippen LogP contribution in [-0.4, -0.2) is 59.1 Å². The fourth-order valence-electron chi connectivity index (χ4n) is 2.90. The van der Waals surface area contributed by atoms with Crippen molar-refractivity contribution in [3.63, 3.8) is 0 Å². The van der Waals surface area contributed by atoms with Gasteiger partial charge in [-0.05, 0) is 58.6 Å². The molecule has 6 heteroatoms. The first-order valence-electron chi connectivity index (χ1n) is 8.82. The molecule has 2 heterocycles. The number of piperidine rings is 1. The lowest BCUT2D eigenvalue weighted by Gasteiger charge is -2.34. The van der Waals surface area contributed by atoms with Gasteiger partial charge in [0.2, 0.25) is 0 Å². The van der Waals surface area contributed by atoms with Gasteiger partial charge in [0, 0.05) is 38.6 Å². The van der Waals surface area contributed by atoms with Crippen molar-refractivity contribution in [2.24, 2.45) is 5.92 Å². The van der Waals surface area contributed by atoms with E-state index in [0.717, 1.165) is 18.5 Å². The highest BCUT2D eigenvalue weighted by Crippen LogP contribution is 2.20. The fraction of sp³-hybridized carbons (Fsp3) is 0.632. The first-order valence-corrected chi connectivity index (χ1v) is 8.82. The van der Waals surface area contributed by atoms with Gasteiger partial charge >= 0.3 is 6.09 Å². The number of aryl methyl sites for hydroxylation is 1. The van der Waals surface area contributed by atoms with E-state index in [4.69, 9.17) is 4.74 Å². The second-order valence-electron chi connectivity index (χ2n) is 7.78. The smallest absolute Gasteiger partial charge is 0.410 e. The van der Waals surface area contributed by atoms with Crippen LogP contribution < -0.4 is 0 Å². The Morgan fingerprint density at radius 3 is 2.44 bits per heavy atom. The summed E-state index contributed by atoms with van der Waals surface area (Å²) in [5.74, 6) is 0.421. The maximum atomic E-state index is 12.5. The average molecular weight is 347 g/mol. The number of carbonyl (C=O) groups is 2. The Morgan fingerprint density at radius 1 is 1.28 bits per heavy atom. The zero-order valence-corrected chi connectivity index (χ0v) is 15.9. The average Bonchev–Trinajstić information content (AvgIpc) is 2.54. The number of amides is 2. The molecule has 2 rings (SSSR count). The number of nitrogens with zero attached hydrogens (tertiary/aromatic N) is 3. The first-order chi connectivity index (χ1) is 11.7. The molecule has 2 amide bonds. The molecule has 0 saturated carbocycles. The molecule has 1 aliphatic heterocycles. The second kappa shape index (κ2) is 7.85. The summed E-state index contributed by atoms with van der Waals surface area (Å²) in [6, 6.07) is 3.68. The molecular formula is C19H29N3O3. The maximum absolute atomic E-state index is 12.5. The summed E-state index contributed by atoms with van der Waals surface area (Å²) < 4.78 is 5.38. The van der Waals surface area contributed by atoms with E-state index < -0.39 is 5.60 Å². The van der Waals surface area contributed by atoms with Crippen LogP contribution in [0.25, 0.3) is 0 Å². The summed E-state index contributed by atoms with van der Waals surface area (Å²) in [6.45, 7) is 9.57. The minimum absolute atomic E-state index is 0.0337. The van der Waals surface area contributed by atoms with E-state index in [-0.39, 0.29) is 12.0 Å². The van der Waals surface area contributed by atoms with Crippen LogP contribution in [0.5, 0.6) is 0 Å². The van der Waals surface area contributed by atoms with E-state index in [9.17, 15) is 9.59 Å². The third-order valence-electron chi connectivity index (χ3n) is 4.30. The van der Waals surface area contributed by atoms with Crippen LogP contribution in [-0.2, 0) is 4.74 Å². The van der Waals surface area contributed by atoms with Gasteiger partial charge in [-0.25, -0.2) is 4.79 Å². The lowest BCUT2D eigenvalue weighted by atomic mass is 9.96. The Morgan fingerprint density at radius 2 is 1.92 bits per heavy atom. The van der Waals surface area contributed by atoms with Crippen LogP contribution in [0.3, 0.4) is 0 Å². The molecule has 0 radical (unpaired) electrons. The minimum atomic E-state index is -0.483. The molecule has 0 aliphatic carbocycles. The van der Waals surface area contributed by atoms with E-state index in [1.54, 1.807) is 18.1 Å². The molecule has 0 atom stereocenters. The molecule has 1 fully saturated rings. The number of pyridine rings is 1. The zero-order chi connectivity index (χ0) is 18.6. The van der Waals surface area contributed by atoms with Crippen LogP contribution in [0.1, 0.15) is 49.7 Å². The number of hydrogen-bond acceptors (Lipinski definition) is 4. The van der Waals surface area contributed by atoms with Crippen LogP contribution in [0, 0.1) is 12.8 Å². The van der Waals surface area contributed by atoms with E-state index in [2.05, 4.69) is 4.98 Å².